The Kier molecular flexibility index (Phi) is 8.14. The minimum Gasteiger partial charge on any atom is -0.493 e. The minimum atomic E-state index is -0.542. The molecule has 0 atom stereocenters. The van der Waals surface area contributed by atoms with Crippen LogP contribution in [0.2, 0.25) is 0 Å². The van der Waals surface area contributed by atoms with E-state index in [1.165, 1.54) is 33.5 Å². The van der Waals surface area contributed by atoms with Gasteiger partial charge in [0.1, 0.15) is 5.75 Å². The molecule has 9 heteroatoms. The molecule has 0 aromatic heterocycles. The van der Waals surface area contributed by atoms with E-state index in [0.29, 0.717) is 39.6 Å². The number of methoxy groups -OCH3 is 3. The van der Waals surface area contributed by atoms with Crippen LogP contribution in [0.4, 0.5) is 0 Å². The molecular weight excluding hydrogens is 444 g/mol. The Labute approximate surface area is 177 Å². The minimum absolute atomic E-state index is 0.226. The van der Waals surface area contributed by atoms with Gasteiger partial charge in [-0.05, 0) is 52.7 Å². The molecule has 0 bridgehead atoms. The highest BCUT2D eigenvalue weighted by atomic mass is 79.9. The lowest BCUT2D eigenvalue weighted by atomic mass is 10.1. The maximum atomic E-state index is 12.4. The van der Waals surface area contributed by atoms with Crippen LogP contribution in [0, 0.1) is 0 Å². The first-order valence-corrected chi connectivity index (χ1v) is 9.57. The second kappa shape index (κ2) is 10.6. The van der Waals surface area contributed by atoms with Crippen molar-refractivity contribution in [3.05, 3.63) is 45.9 Å². The van der Waals surface area contributed by atoms with E-state index in [-0.39, 0.29) is 5.56 Å². The topological polar surface area (TPSA) is 95.1 Å². The molecular formula is C20H23BrN2O6. The first kappa shape index (κ1) is 22.4. The number of carbonyl (C=O) groups is 2. The molecule has 8 nitrogen and oxygen atoms in total. The van der Waals surface area contributed by atoms with Crippen LogP contribution < -0.4 is 29.8 Å². The van der Waals surface area contributed by atoms with Crippen molar-refractivity contribution in [2.45, 2.75) is 13.3 Å². The quantitative estimate of drug-likeness (QED) is 0.579. The molecule has 2 aromatic rings. The Bertz CT molecular complexity index is 862. The molecule has 2 amide bonds. The summed E-state index contributed by atoms with van der Waals surface area (Å²) in [6, 6.07) is 7.89. The SMILES string of the molecule is CCCOc1ccc(C(=O)NNC(=O)c2cc(OC)c(OC)c(OC)c2)cc1Br. The molecule has 0 aliphatic carbocycles. The molecule has 0 radical (unpaired) electrons. The van der Waals surface area contributed by atoms with Crippen LogP contribution in [-0.4, -0.2) is 39.8 Å². The summed E-state index contributed by atoms with van der Waals surface area (Å²) in [4.78, 5) is 24.8. The second-order valence-corrected chi connectivity index (χ2v) is 6.67. The van der Waals surface area contributed by atoms with Crippen LogP contribution in [-0.2, 0) is 0 Å². The van der Waals surface area contributed by atoms with Gasteiger partial charge < -0.3 is 18.9 Å². The number of carbonyl (C=O) groups excluding carboxylic acids is 2. The molecule has 0 aliphatic rings. The Morgan fingerprint density at radius 2 is 1.45 bits per heavy atom. The van der Waals surface area contributed by atoms with E-state index in [1.54, 1.807) is 18.2 Å². The molecule has 0 spiro atoms. The lowest BCUT2D eigenvalue weighted by molar-refractivity contribution is 0.0846. The van der Waals surface area contributed by atoms with E-state index in [4.69, 9.17) is 18.9 Å². The number of ether oxygens (including phenoxy) is 4. The van der Waals surface area contributed by atoms with E-state index < -0.39 is 11.8 Å². The first-order valence-electron chi connectivity index (χ1n) is 8.78. The summed E-state index contributed by atoms with van der Waals surface area (Å²) in [6.07, 6.45) is 0.877. The Hall–Kier alpha value is -2.94. The van der Waals surface area contributed by atoms with Gasteiger partial charge >= 0.3 is 0 Å². The monoisotopic (exact) mass is 466 g/mol. The average molecular weight is 467 g/mol. The molecule has 0 unspecified atom stereocenters. The van der Waals surface area contributed by atoms with Gasteiger partial charge in [0.15, 0.2) is 11.5 Å². The van der Waals surface area contributed by atoms with Gasteiger partial charge in [-0.2, -0.15) is 0 Å². The average Bonchev–Trinajstić information content (AvgIpc) is 2.74. The smallest absolute Gasteiger partial charge is 0.269 e. The molecule has 2 aromatic carbocycles. The van der Waals surface area contributed by atoms with Crippen molar-refractivity contribution in [1.29, 1.82) is 0 Å². The Balaban J connectivity index is 2.09. The summed E-state index contributed by atoms with van der Waals surface area (Å²) in [7, 11) is 4.37. The summed E-state index contributed by atoms with van der Waals surface area (Å²) in [6.45, 7) is 2.58. The van der Waals surface area contributed by atoms with Gasteiger partial charge in [-0.3, -0.25) is 20.4 Å². The molecule has 2 rings (SSSR count). The molecule has 156 valence electrons. The summed E-state index contributed by atoms with van der Waals surface area (Å²) in [5.41, 5.74) is 5.33. The number of halogens is 1. The fraction of sp³-hybridized carbons (Fsp3) is 0.300. The predicted octanol–water partition coefficient (Wildman–Crippen LogP) is 3.34. The molecule has 0 heterocycles. The number of hydrogen-bond acceptors (Lipinski definition) is 6. The van der Waals surface area contributed by atoms with Crippen LogP contribution in [0.15, 0.2) is 34.8 Å². The van der Waals surface area contributed by atoms with Gasteiger partial charge in [0, 0.05) is 11.1 Å². The molecule has 2 N–H and O–H groups in total. The normalized spacial score (nSPS) is 10.1. The van der Waals surface area contributed by atoms with Crippen molar-refractivity contribution in [3.63, 3.8) is 0 Å². The Morgan fingerprint density at radius 3 is 1.93 bits per heavy atom. The fourth-order valence-electron chi connectivity index (χ4n) is 2.44. The molecule has 0 fully saturated rings. The third-order valence-electron chi connectivity index (χ3n) is 3.87. The van der Waals surface area contributed by atoms with E-state index in [0.717, 1.165) is 6.42 Å². The van der Waals surface area contributed by atoms with Gasteiger partial charge in [-0.15, -0.1) is 0 Å². The zero-order valence-electron chi connectivity index (χ0n) is 16.6. The summed E-state index contributed by atoms with van der Waals surface area (Å²) >= 11 is 3.38. The maximum Gasteiger partial charge on any atom is 0.269 e. The van der Waals surface area contributed by atoms with Gasteiger partial charge in [0.05, 0.1) is 32.4 Å². The Morgan fingerprint density at radius 1 is 0.862 bits per heavy atom. The number of amides is 2. The van der Waals surface area contributed by atoms with Crippen molar-refractivity contribution in [2.24, 2.45) is 0 Å². The van der Waals surface area contributed by atoms with Crippen molar-refractivity contribution in [3.8, 4) is 23.0 Å². The van der Waals surface area contributed by atoms with E-state index in [1.807, 2.05) is 6.92 Å². The van der Waals surface area contributed by atoms with Crippen LogP contribution in [0.25, 0.3) is 0 Å². The number of rotatable bonds is 8. The standard InChI is InChI=1S/C20H23BrN2O6/c1-5-8-29-15-7-6-12(9-14(15)21)19(24)22-23-20(25)13-10-16(26-2)18(28-4)17(11-13)27-3/h6-7,9-11H,5,8H2,1-4H3,(H,22,24)(H,23,25). The second-order valence-electron chi connectivity index (χ2n) is 5.82. The highest BCUT2D eigenvalue weighted by Crippen LogP contribution is 2.38. The number of benzene rings is 2. The van der Waals surface area contributed by atoms with E-state index in [9.17, 15) is 9.59 Å². The summed E-state index contributed by atoms with van der Waals surface area (Å²) in [5, 5.41) is 0. The van der Waals surface area contributed by atoms with Crippen LogP contribution >= 0.6 is 15.9 Å². The van der Waals surface area contributed by atoms with Crippen molar-refractivity contribution in [1.82, 2.24) is 10.9 Å². The first-order chi connectivity index (χ1) is 13.9. The summed E-state index contributed by atoms with van der Waals surface area (Å²) < 4.78 is 21.9. The zero-order chi connectivity index (χ0) is 21.4. The number of hydrogen-bond donors (Lipinski definition) is 2. The van der Waals surface area contributed by atoms with Gasteiger partial charge in [-0.25, -0.2) is 0 Å². The highest BCUT2D eigenvalue weighted by molar-refractivity contribution is 9.10. The van der Waals surface area contributed by atoms with Crippen LogP contribution in [0.5, 0.6) is 23.0 Å². The highest BCUT2D eigenvalue weighted by Gasteiger charge is 2.18. The molecule has 0 saturated heterocycles. The van der Waals surface area contributed by atoms with E-state index >= 15 is 0 Å². The van der Waals surface area contributed by atoms with Crippen LogP contribution in [0.1, 0.15) is 34.1 Å². The largest absolute Gasteiger partial charge is 0.493 e. The molecule has 29 heavy (non-hydrogen) atoms. The number of nitrogens with one attached hydrogen (secondary N) is 2. The lowest BCUT2D eigenvalue weighted by Gasteiger charge is -2.14. The molecule has 0 saturated carbocycles. The van der Waals surface area contributed by atoms with Crippen LogP contribution in [0.3, 0.4) is 0 Å². The van der Waals surface area contributed by atoms with Gasteiger partial charge in [0.2, 0.25) is 5.75 Å². The number of hydrazine groups is 1. The van der Waals surface area contributed by atoms with E-state index in [2.05, 4.69) is 26.8 Å². The van der Waals surface area contributed by atoms with Gasteiger partial charge in [0.25, 0.3) is 11.8 Å². The van der Waals surface area contributed by atoms with Crippen molar-refractivity contribution >= 4 is 27.7 Å². The summed E-state index contributed by atoms with van der Waals surface area (Å²) in [5.74, 6) is 0.647. The maximum absolute atomic E-state index is 12.4. The van der Waals surface area contributed by atoms with Crippen molar-refractivity contribution < 1.29 is 28.5 Å². The third-order valence-corrected chi connectivity index (χ3v) is 4.49. The molecule has 0 aliphatic heterocycles. The lowest BCUT2D eigenvalue weighted by Crippen LogP contribution is -2.41. The third kappa shape index (κ3) is 5.54. The van der Waals surface area contributed by atoms with Gasteiger partial charge in [-0.1, -0.05) is 6.92 Å². The zero-order valence-corrected chi connectivity index (χ0v) is 18.2. The predicted molar refractivity (Wildman–Crippen MR) is 111 cm³/mol. The van der Waals surface area contributed by atoms with Crippen molar-refractivity contribution in [2.75, 3.05) is 27.9 Å². The fourth-order valence-corrected chi connectivity index (χ4v) is 2.93.